The van der Waals surface area contributed by atoms with Crippen molar-refractivity contribution in [3.8, 4) is 0 Å². The minimum Gasteiger partial charge on any atom is -0.425 e. The van der Waals surface area contributed by atoms with E-state index in [1.807, 2.05) is 0 Å². The third-order valence-corrected chi connectivity index (χ3v) is 3.58. The van der Waals surface area contributed by atoms with Crippen LogP contribution in [0.25, 0.3) is 0 Å². The van der Waals surface area contributed by atoms with E-state index in [1.54, 1.807) is 0 Å². The first kappa shape index (κ1) is 14.5. The maximum Gasteiger partial charge on any atom is 0.216 e. The van der Waals surface area contributed by atoms with Gasteiger partial charge in [0.2, 0.25) is 11.8 Å². The summed E-state index contributed by atoms with van der Waals surface area (Å²) >= 11 is 0. The fourth-order valence-electron chi connectivity index (χ4n) is 2.20. The molecule has 1 aliphatic carbocycles. The number of unbranched alkanes of at least 4 members (excludes halogenated alkanes) is 4. The lowest BCUT2D eigenvalue weighted by molar-refractivity contribution is 0.433. The molecule has 4 nitrogen and oxygen atoms in total. The molecule has 1 saturated carbocycles. The Labute approximate surface area is 116 Å². The molecule has 0 unspecified atom stereocenters. The van der Waals surface area contributed by atoms with Gasteiger partial charge in [0, 0.05) is 18.9 Å². The third kappa shape index (κ3) is 6.19. The van der Waals surface area contributed by atoms with Gasteiger partial charge in [0.1, 0.15) is 0 Å². The van der Waals surface area contributed by atoms with Crippen molar-refractivity contribution >= 4 is 0 Å². The predicted octanol–water partition coefficient (Wildman–Crippen LogP) is 3.27. The van der Waals surface area contributed by atoms with Crippen LogP contribution in [0.5, 0.6) is 0 Å². The first-order valence-electron chi connectivity index (χ1n) is 7.93. The summed E-state index contributed by atoms with van der Waals surface area (Å²) in [6.45, 7) is 3.31. The van der Waals surface area contributed by atoms with E-state index in [2.05, 4.69) is 22.4 Å². The molecule has 0 bridgehead atoms. The minimum absolute atomic E-state index is 0.793. The fourth-order valence-corrected chi connectivity index (χ4v) is 2.20. The zero-order valence-corrected chi connectivity index (χ0v) is 12.2. The second-order valence-electron chi connectivity index (χ2n) is 5.59. The van der Waals surface area contributed by atoms with Gasteiger partial charge in [-0.2, -0.15) is 0 Å². The topological polar surface area (TPSA) is 51.0 Å². The van der Waals surface area contributed by atoms with Crippen molar-refractivity contribution in [3.63, 3.8) is 0 Å². The number of rotatable bonds is 11. The van der Waals surface area contributed by atoms with Gasteiger partial charge >= 0.3 is 0 Å². The Morgan fingerprint density at radius 2 is 1.68 bits per heavy atom. The van der Waals surface area contributed by atoms with E-state index in [0.29, 0.717) is 0 Å². The van der Waals surface area contributed by atoms with E-state index in [-0.39, 0.29) is 0 Å². The second-order valence-corrected chi connectivity index (χ2v) is 5.59. The van der Waals surface area contributed by atoms with Gasteiger partial charge in [0.25, 0.3) is 0 Å². The van der Waals surface area contributed by atoms with Crippen LogP contribution in [0.3, 0.4) is 0 Å². The number of aromatic nitrogens is 2. The molecule has 1 aromatic heterocycles. The Morgan fingerprint density at radius 3 is 2.37 bits per heavy atom. The summed E-state index contributed by atoms with van der Waals surface area (Å²) in [4.78, 5) is 0. The number of hydrogen-bond donors (Lipinski definition) is 1. The number of nitrogens with zero attached hydrogens (tertiary/aromatic N) is 2. The van der Waals surface area contributed by atoms with Gasteiger partial charge in [-0.15, -0.1) is 10.2 Å². The van der Waals surface area contributed by atoms with Gasteiger partial charge in [-0.05, 0) is 32.2 Å². The molecule has 1 heterocycles. The second kappa shape index (κ2) is 8.31. The molecule has 2 rings (SSSR count). The summed E-state index contributed by atoms with van der Waals surface area (Å²) in [5, 5.41) is 11.7. The highest BCUT2D eigenvalue weighted by molar-refractivity contribution is 4.84. The Morgan fingerprint density at radius 1 is 1.00 bits per heavy atom. The van der Waals surface area contributed by atoms with Crippen molar-refractivity contribution in [1.82, 2.24) is 15.5 Å². The van der Waals surface area contributed by atoms with Crippen LogP contribution in [0.2, 0.25) is 0 Å². The molecule has 1 aliphatic rings. The van der Waals surface area contributed by atoms with Gasteiger partial charge in [0.05, 0.1) is 0 Å². The van der Waals surface area contributed by atoms with Gasteiger partial charge in [-0.25, -0.2) is 0 Å². The van der Waals surface area contributed by atoms with Crippen LogP contribution >= 0.6 is 0 Å². The van der Waals surface area contributed by atoms with Gasteiger partial charge in [0.15, 0.2) is 0 Å². The van der Waals surface area contributed by atoms with E-state index in [1.165, 1.54) is 44.9 Å². The van der Waals surface area contributed by atoms with Gasteiger partial charge in [-0.3, -0.25) is 0 Å². The van der Waals surface area contributed by atoms with Gasteiger partial charge < -0.3 is 9.73 Å². The highest BCUT2D eigenvalue weighted by Crippen LogP contribution is 2.18. The monoisotopic (exact) mass is 265 g/mol. The molecule has 4 heteroatoms. The smallest absolute Gasteiger partial charge is 0.216 e. The van der Waals surface area contributed by atoms with Crippen molar-refractivity contribution in [2.75, 3.05) is 6.54 Å². The van der Waals surface area contributed by atoms with Crippen molar-refractivity contribution in [3.05, 3.63) is 11.8 Å². The van der Waals surface area contributed by atoms with Crippen LogP contribution in [-0.4, -0.2) is 22.8 Å². The Bertz CT molecular complexity index is 347. The van der Waals surface area contributed by atoms with E-state index < -0.39 is 0 Å². The number of nitrogens with one attached hydrogen (secondary N) is 1. The molecule has 0 amide bonds. The molecule has 0 spiro atoms. The fraction of sp³-hybridized carbons (Fsp3) is 0.867. The van der Waals surface area contributed by atoms with Crippen LogP contribution < -0.4 is 5.32 Å². The van der Waals surface area contributed by atoms with E-state index >= 15 is 0 Å². The maximum atomic E-state index is 5.66. The van der Waals surface area contributed by atoms with Crippen molar-refractivity contribution in [1.29, 1.82) is 0 Å². The Balaban J connectivity index is 1.53. The lowest BCUT2D eigenvalue weighted by atomic mass is 10.1. The average molecular weight is 265 g/mol. The molecular weight excluding hydrogens is 238 g/mol. The number of aryl methyl sites for hydroxylation is 2. The molecule has 0 aliphatic heterocycles. The van der Waals surface area contributed by atoms with Crippen molar-refractivity contribution < 1.29 is 4.42 Å². The van der Waals surface area contributed by atoms with E-state index in [9.17, 15) is 0 Å². The molecule has 1 aromatic rings. The highest BCUT2D eigenvalue weighted by Gasteiger charge is 2.19. The molecule has 0 saturated heterocycles. The SMILES string of the molecule is CCCCCCCc1nnc(CCCNC2CC2)o1. The van der Waals surface area contributed by atoms with Crippen molar-refractivity contribution in [2.45, 2.75) is 77.2 Å². The molecule has 108 valence electrons. The van der Waals surface area contributed by atoms with Crippen LogP contribution in [0.1, 0.15) is 70.1 Å². The molecule has 0 radical (unpaired) electrons. The first-order valence-corrected chi connectivity index (χ1v) is 7.93. The summed E-state index contributed by atoms with van der Waals surface area (Å²) < 4.78 is 5.66. The summed E-state index contributed by atoms with van der Waals surface area (Å²) in [6.07, 6.45) is 12.0. The molecule has 1 N–H and O–H groups in total. The summed E-state index contributed by atoms with van der Waals surface area (Å²) in [5.41, 5.74) is 0. The van der Waals surface area contributed by atoms with Crippen LogP contribution in [0, 0.1) is 0 Å². The van der Waals surface area contributed by atoms with Crippen LogP contribution in [-0.2, 0) is 12.8 Å². The molecule has 0 atom stereocenters. The van der Waals surface area contributed by atoms with E-state index in [0.717, 1.165) is 43.6 Å². The van der Waals surface area contributed by atoms with Crippen LogP contribution in [0.15, 0.2) is 4.42 Å². The maximum absolute atomic E-state index is 5.66. The highest BCUT2D eigenvalue weighted by atomic mass is 16.4. The zero-order valence-electron chi connectivity index (χ0n) is 12.2. The average Bonchev–Trinajstić information content (AvgIpc) is 3.14. The summed E-state index contributed by atoms with van der Waals surface area (Å²) in [7, 11) is 0. The third-order valence-electron chi connectivity index (χ3n) is 3.58. The summed E-state index contributed by atoms with van der Waals surface area (Å²) in [6, 6.07) is 0.793. The summed E-state index contributed by atoms with van der Waals surface area (Å²) in [5.74, 6) is 1.63. The molecular formula is C15H27N3O. The molecule has 0 aromatic carbocycles. The van der Waals surface area contributed by atoms with Gasteiger partial charge in [-0.1, -0.05) is 32.6 Å². The zero-order chi connectivity index (χ0) is 13.3. The van der Waals surface area contributed by atoms with E-state index in [4.69, 9.17) is 4.42 Å². The van der Waals surface area contributed by atoms with Crippen LogP contribution in [0.4, 0.5) is 0 Å². The standard InChI is InChI=1S/C15H27N3O/c1-2-3-4-5-6-8-14-17-18-15(19-14)9-7-12-16-13-10-11-13/h13,16H,2-12H2,1H3. The molecule has 19 heavy (non-hydrogen) atoms. The lowest BCUT2D eigenvalue weighted by Crippen LogP contribution is -2.17. The largest absolute Gasteiger partial charge is 0.425 e. The number of hydrogen-bond acceptors (Lipinski definition) is 4. The molecule has 1 fully saturated rings. The Kier molecular flexibility index (Phi) is 6.34. The normalized spacial score (nSPS) is 15.0. The Hall–Kier alpha value is -0.900. The van der Waals surface area contributed by atoms with Crippen molar-refractivity contribution in [2.24, 2.45) is 0 Å². The first-order chi connectivity index (χ1) is 9.38. The lowest BCUT2D eigenvalue weighted by Gasteiger charge is -1.99. The minimum atomic E-state index is 0.793. The quantitative estimate of drug-likeness (QED) is 0.624. The predicted molar refractivity (Wildman–Crippen MR) is 76.1 cm³/mol.